The van der Waals surface area contributed by atoms with Crippen LogP contribution in [0.15, 0.2) is 48.5 Å². The predicted molar refractivity (Wildman–Crippen MR) is 76.9 cm³/mol. The summed E-state index contributed by atoms with van der Waals surface area (Å²) in [5.74, 6) is 0. The molecule has 0 atom stereocenters. The van der Waals surface area contributed by atoms with Crippen molar-refractivity contribution in [2.24, 2.45) is 0 Å². The number of nitrogens with two attached hydrogens (primary N) is 2. The molecule has 0 aliphatic heterocycles. The fraction of sp³-hybridized carbons (Fsp3) is 0.200. The van der Waals surface area contributed by atoms with E-state index >= 15 is 0 Å². The molecule has 0 fully saturated rings. The summed E-state index contributed by atoms with van der Waals surface area (Å²) < 4.78 is 0. The largest absolute Gasteiger partial charge is 0.397 e. The van der Waals surface area contributed by atoms with Crippen LogP contribution < -0.4 is 11.5 Å². The number of nitrogen functional groups attached to an aromatic ring is 2. The quantitative estimate of drug-likeness (QED) is 0.809. The van der Waals surface area contributed by atoms with Gasteiger partial charge in [0.15, 0.2) is 0 Å². The molecular weight excluding hydrogens is 222 g/mol. The van der Waals surface area contributed by atoms with Crippen molar-refractivity contribution < 1.29 is 0 Å². The number of rotatable bonds is 4. The standard InChI is InChI=1S/C15H19N3/c1-18(10-12-5-3-2-4-6-12)11-13-7-8-14(16)15(17)9-13/h2-9H,10-11,16-17H2,1H3. The third-order valence-corrected chi connectivity index (χ3v) is 2.90. The van der Waals surface area contributed by atoms with E-state index in [1.807, 2.05) is 24.3 Å². The first-order valence-corrected chi connectivity index (χ1v) is 6.01. The summed E-state index contributed by atoms with van der Waals surface area (Å²) in [5, 5.41) is 0. The van der Waals surface area contributed by atoms with Crippen molar-refractivity contribution >= 4 is 11.4 Å². The Morgan fingerprint density at radius 2 is 1.50 bits per heavy atom. The lowest BCUT2D eigenvalue weighted by Crippen LogP contribution is -2.17. The monoisotopic (exact) mass is 241 g/mol. The topological polar surface area (TPSA) is 55.3 Å². The maximum Gasteiger partial charge on any atom is 0.0551 e. The van der Waals surface area contributed by atoms with E-state index in [4.69, 9.17) is 11.5 Å². The molecule has 2 aromatic rings. The van der Waals surface area contributed by atoms with Crippen LogP contribution in [0, 0.1) is 0 Å². The first-order chi connectivity index (χ1) is 8.65. The van der Waals surface area contributed by atoms with Crippen LogP contribution in [0.2, 0.25) is 0 Å². The van der Waals surface area contributed by atoms with Crippen molar-refractivity contribution in [2.75, 3.05) is 18.5 Å². The summed E-state index contributed by atoms with van der Waals surface area (Å²) in [4.78, 5) is 2.25. The van der Waals surface area contributed by atoms with Crippen molar-refractivity contribution in [1.82, 2.24) is 4.90 Å². The Kier molecular flexibility index (Phi) is 3.85. The Balaban J connectivity index is 1.99. The van der Waals surface area contributed by atoms with Gasteiger partial charge in [0.05, 0.1) is 11.4 Å². The smallest absolute Gasteiger partial charge is 0.0551 e. The minimum absolute atomic E-state index is 0.643. The number of benzene rings is 2. The Morgan fingerprint density at radius 1 is 0.833 bits per heavy atom. The molecule has 94 valence electrons. The number of hydrogen-bond donors (Lipinski definition) is 2. The fourth-order valence-electron chi connectivity index (χ4n) is 1.99. The van der Waals surface area contributed by atoms with Gasteiger partial charge in [-0.3, -0.25) is 4.90 Å². The van der Waals surface area contributed by atoms with Crippen molar-refractivity contribution in [3.05, 3.63) is 59.7 Å². The van der Waals surface area contributed by atoms with Gasteiger partial charge in [0.2, 0.25) is 0 Å². The van der Waals surface area contributed by atoms with Crippen molar-refractivity contribution in [2.45, 2.75) is 13.1 Å². The predicted octanol–water partition coefficient (Wildman–Crippen LogP) is 2.48. The van der Waals surface area contributed by atoms with Crippen LogP contribution in [0.1, 0.15) is 11.1 Å². The van der Waals surface area contributed by atoms with Gasteiger partial charge >= 0.3 is 0 Å². The van der Waals surface area contributed by atoms with Crippen molar-refractivity contribution in [1.29, 1.82) is 0 Å². The highest BCUT2D eigenvalue weighted by atomic mass is 15.1. The molecule has 0 spiro atoms. The van der Waals surface area contributed by atoms with Gasteiger partial charge in [-0.1, -0.05) is 36.4 Å². The average Bonchev–Trinajstić information content (AvgIpc) is 2.35. The molecule has 0 aliphatic rings. The molecule has 0 saturated heterocycles. The Hall–Kier alpha value is -2.00. The van der Waals surface area contributed by atoms with Crippen LogP contribution in [0.3, 0.4) is 0 Å². The van der Waals surface area contributed by atoms with Gasteiger partial charge in [-0.15, -0.1) is 0 Å². The first kappa shape index (κ1) is 12.5. The highest BCUT2D eigenvalue weighted by Crippen LogP contribution is 2.17. The average molecular weight is 241 g/mol. The molecule has 0 heterocycles. The second-order valence-corrected chi connectivity index (χ2v) is 4.62. The number of hydrogen-bond acceptors (Lipinski definition) is 3. The summed E-state index contributed by atoms with van der Waals surface area (Å²) in [7, 11) is 2.10. The maximum absolute atomic E-state index is 5.81. The molecule has 18 heavy (non-hydrogen) atoms. The first-order valence-electron chi connectivity index (χ1n) is 6.01. The summed E-state index contributed by atoms with van der Waals surface area (Å²) in [6.07, 6.45) is 0. The highest BCUT2D eigenvalue weighted by Gasteiger charge is 2.03. The molecule has 2 rings (SSSR count). The van der Waals surface area contributed by atoms with E-state index < -0.39 is 0 Å². The molecule has 2 aromatic carbocycles. The van der Waals surface area contributed by atoms with Gasteiger partial charge in [0, 0.05) is 13.1 Å². The van der Waals surface area contributed by atoms with Gasteiger partial charge < -0.3 is 11.5 Å². The highest BCUT2D eigenvalue weighted by molar-refractivity contribution is 5.63. The Labute approximate surface area is 108 Å². The van der Waals surface area contributed by atoms with E-state index in [-0.39, 0.29) is 0 Å². The summed E-state index contributed by atoms with van der Waals surface area (Å²) in [5.41, 5.74) is 15.3. The third kappa shape index (κ3) is 3.25. The van der Waals surface area contributed by atoms with Gasteiger partial charge in [0.25, 0.3) is 0 Å². The van der Waals surface area contributed by atoms with Gasteiger partial charge in [-0.2, -0.15) is 0 Å². The molecule has 0 unspecified atom stereocenters. The summed E-state index contributed by atoms with van der Waals surface area (Å²) >= 11 is 0. The summed E-state index contributed by atoms with van der Waals surface area (Å²) in [6.45, 7) is 1.78. The molecular formula is C15H19N3. The zero-order valence-corrected chi connectivity index (χ0v) is 10.6. The minimum atomic E-state index is 0.643. The van der Waals surface area contributed by atoms with Crippen LogP contribution in [0.4, 0.5) is 11.4 Å². The zero-order valence-electron chi connectivity index (χ0n) is 10.6. The van der Waals surface area contributed by atoms with E-state index in [1.54, 1.807) is 0 Å². The molecule has 0 bridgehead atoms. The molecule has 0 amide bonds. The molecule has 0 aromatic heterocycles. The lowest BCUT2D eigenvalue weighted by Gasteiger charge is -2.17. The van der Waals surface area contributed by atoms with Gasteiger partial charge in [-0.05, 0) is 30.3 Å². The zero-order chi connectivity index (χ0) is 13.0. The number of nitrogens with zero attached hydrogens (tertiary/aromatic N) is 1. The van der Waals surface area contributed by atoms with Gasteiger partial charge in [0.1, 0.15) is 0 Å². The molecule has 0 radical (unpaired) electrons. The minimum Gasteiger partial charge on any atom is -0.397 e. The molecule has 3 nitrogen and oxygen atoms in total. The van der Waals surface area contributed by atoms with E-state index in [2.05, 4.69) is 36.2 Å². The van der Waals surface area contributed by atoms with Crippen LogP contribution >= 0.6 is 0 Å². The summed E-state index contributed by atoms with van der Waals surface area (Å²) in [6, 6.07) is 16.2. The van der Waals surface area contributed by atoms with E-state index in [9.17, 15) is 0 Å². The Morgan fingerprint density at radius 3 is 2.17 bits per heavy atom. The Bertz CT molecular complexity index is 508. The molecule has 4 N–H and O–H groups in total. The lowest BCUT2D eigenvalue weighted by molar-refractivity contribution is 0.319. The van der Waals surface area contributed by atoms with Crippen LogP contribution in [-0.2, 0) is 13.1 Å². The molecule has 0 saturated carbocycles. The number of anilines is 2. The van der Waals surface area contributed by atoms with Crippen molar-refractivity contribution in [3.8, 4) is 0 Å². The van der Waals surface area contributed by atoms with Gasteiger partial charge in [-0.25, -0.2) is 0 Å². The molecule has 0 aliphatic carbocycles. The third-order valence-electron chi connectivity index (χ3n) is 2.90. The second-order valence-electron chi connectivity index (χ2n) is 4.62. The van der Waals surface area contributed by atoms with Crippen LogP contribution in [-0.4, -0.2) is 11.9 Å². The van der Waals surface area contributed by atoms with E-state index in [0.29, 0.717) is 11.4 Å². The lowest BCUT2D eigenvalue weighted by atomic mass is 10.1. The SMILES string of the molecule is CN(Cc1ccccc1)Cc1ccc(N)c(N)c1. The van der Waals surface area contributed by atoms with Crippen LogP contribution in [0.5, 0.6) is 0 Å². The van der Waals surface area contributed by atoms with E-state index in [1.165, 1.54) is 11.1 Å². The maximum atomic E-state index is 5.81. The second kappa shape index (κ2) is 5.56. The van der Waals surface area contributed by atoms with Crippen LogP contribution in [0.25, 0.3) is 0 Å². The fourth-order valence-corrected chi connectivity index (χ4v) is 1.99. The molecule has 3 heteroatoms. The van der Waals surface area contributed by atoms with E-state index in [0.717, 1.165) is 13.1 Å². The normalized spacial score (nSPS) is 10.8. The van der Waals surface area contributed by atoms with Crippen molar-refractivity contribution in [3.63, 3.8) is 0 Å².